The third-order valence-electron chi connectivity index (χ3n) is 2.24. The Morgan fingerprint density at radius 1 is 1.37 bits per heavy atom. The van der Waals surface area contributed by atoms with Gasteiger partial charge in [0.05, 0.1) is 17.4 Å². The summed E-state index contributed by atoms with van der Waals surface area (Å²) in [6.45, 7) is 0. The zero-order chi connectivity index (χ0) is 13.7. The zero-order valence-corrected chi connectivity index (χ0v) is 11.7. The third kappa shape index (κ3) is 3.72. The Hall–Kier alpha value is -1.52. The van der Waals surface area contributed by atoms with Crippen LogP contribution in [0.3, 0.4) is 0 Å². The highest BCUT2D eigenvalue weighted by atomic mass is 32.2. The molecule has 1 aromatic carbocycles. The fourth-order valence-electron chi connectivity index (χ4n) is 1.37. The summed E-state index contributed by atoms with van der Waals surface area (Å²) in [5.74, 6) is 1.23. The maximum Gasteiger partial charge on any atom is 0.276 e. The second-order valence-corrected chi connectivity index (χ2v) is 5.39. The molecular weight excluding hydrogens is 285 g/mol. The summed E-state index contributed by atoms with van der Waals surface area (Å²) in [4.78, 5) is 0. The third-order valence-corrected chi connectivity index (χ3v) is 3.64. The predicted octanol–water partition coefficient (Wildman–Crippen LogP) is 3.24. The van der Waals surface area contributed by atoms with Gasteiger partial charge in [-0.2, -0.15) is 17.0 Å². The minimum Gasteiger partial charge on any atom is -0.415 e. The van der Waals surface area contributed by atoms with Crippen LogP contribution in [0.25, 0.3) is 0 Å². The maximum absolute atomic E-state index is 13.5. The highest BCUT2D eigenvalue weighted by molar-refractivity contribution is 7.98. The van der Waals surface area contributed by atoms with Crippen molar-refractivity contribution in [1.82, 2.24) is 10.2 Å². The van der Waals surface area contributed by atoms with Gasteiger partial charge in [-0.1, -0.05) is 11.8 Å². The lowest BCUT2D eigenvalue weighted by Gasteiger charge is -2.01. The average molecular weight is 295 g/mol. The van der Waals surface area contributed by atoms with Crippen molar-refractivity contribution in [3.05, 3.63) is 41.0 Å². The first-order valence-corrected chi connectivity index (χ1v) is 7.73. The molecule has 4 nitrogen and oxygen atoms in total. The summed E-state index contributed by atoms with van der Waals surface area (Å²) < 4.78 is 18.9. The molecule has 2 rings (SSSR count). The number of thioether (sulfide) groups is 2. The van der Waals surface area contributed by atoms with Gasteiger partial charge in [-0.25, -0.2) is 4.39 Å². The number of nitriles is 1. The Morgan fingerprint density at radius 2 is 2.21 bits per heavy atom. The molecule has 2 aromatic rings. The summed E-state index contributed by atoms with van der Waals surface area (Å²) in [6, 6.07) is 6.26. The van der Waals surface area contributed by atoms with Gasteiger partial charge in [0.25, 0.3) is 5.22 Å². The van der Waals surface area contributed by atoms with Gasteiger partial charge in [0, 0.05) is 5.75 Å². The molecule has 0 spiro atoms. The number of nitrogens with zero attached hydrogens (tertiary/aromatic N) is 3. The van der Waals surface area contributed by atoms with Gasteiger partial charge in [0.15, 0.2) is 0 Å². The number of hydrogen-bond donors (Lipinski definition) is 0. The second-order valence-electron chi connectivity index (χ2n) is 3.60. The molecule has 1 heterocycles. The Balaban J connectivity index is 2.03. The smallest absolute Gasteiger partial charge is 0.276 e. The molecule has 98 valence electrons. The molecule has 7 heteroatoms. The molecule has 19 heavy (non-hydrogen) atoms. The first-order chi connectivity index (χ1) is 9.22. The lowest BCUT2D eigenvalue weighted by Crippen LogP contribution is -1.89. The molecule has 0 aliphatic rings. The summed E-state index contributed by atoms with van der Waals surface area (Å²) in [5, 5.41) is 16.9. The van der Waals surface area contributed by atoms with Crippen LogP contribution in [-0.4, -0.2) is 16.5 Å². The van der Waals surface area contributed by atoms with Crippen LogP contribution in [-0.2, 0) is 11.5 Å². The van der Waals surface area contributed by atoms with E-state index in [0.717, 1.165) is 0 Å². The highest BCUT2D eigenvalue weighted by Gasteiger charge is 2.09. The fourth-order valence-corrected chi connectivity index (χ4v) is 2.49. The summed E-state index contributed by atoms with van der Waals surface area (Å²) in [5.41, 5.74) is 0.888. The van der Waals surface area contributed by atoms with Gasteiger partial charge in [-0.3, -0.25) is 0 Å². The molecule has 0 fully saturated rings. The van der Waals surface area contributed by atoms with Gasteiger partial charge in [-0.05, 0) is 30.0 Å². The Bertz CT molecular complexity index is 609. The monoisotopic (exact) mass is 295 g/mol. The van der Waals surface area contributed by atoms with Crippen molar-refractivity contribution in [2.75, 3.05) is 6.26 Å². The zero-order valence-electron chi connectivity index (χ0n) is 10.1. The van der Waals surface area contributed by atoms with Crippen molar-refractivity contribution < 1.29 is 8.81 Å². The first-order valence-electron chi connectivity index (χ1n) is 5.35. The molecule has 0 aliphatic carbocycles. The van der Waals surface area contributed by atoms with E-state index in [2.05, 4.69) is 10.2 Å². The Morgan fingerprint density at radius 3 is 2.95 bits per heavy atom. The maximum atomic E-state index is 13.5. The van der Waals surface area contributed by atoms with Crippen molar-refractivity contribution in [1.29, 1.82) is 5.26 Å². The first kappa shape index (κ1) is 13.9. The van der Waals surface area contributed by atoms with E-state index in [1.54, 1.807) is 11.8 Å². The molecule has 0 atom stereocenters. The number of aromatic nitrogens is 2. The molecule has 0 bridgehead atoms. The van der Waals surface area contributed by atoms with Gasteiger partial charge >= 0.3 is 0 Å². The van der Waals surface area contributed by atoms with Gasteiger partial charge in [0.1, 0.15) is 5.82 Å². The van der Waals surface area contributed by atoms with Crippen LogP contribution in [0.5, 0.6) is 0 Å². The molecule has 0 radical (unpaired) electrons. The van der Waals surface area contributed by atoms with Crippen molar-refractivity contribution >= 4 is 23.5 Å². The van der Waals surface area contributed by atoms with Crippen molar-refractivity contribution in [2.24, 2.45) is 0 Å². The highest BCUT2D eigenvalue weighted by Crippen LogP contribution is 2.24. The molecular formula is C12H10FN3OS2. The SMILES string of the molecule is CSCc1nnc(SCc2cc(C#N)ccc2F)o1. The van der Waals surface area contributed by atoms with Crippen LogP contribution in [0.15, 0.2) is 27.8 Å². The van der Waals surface area contributed by atoms with Crippen LogP contribution >= 0.6 is 23.5 Å². The summed E-state index contributed by atoms with van der Waals surface area (Å²) in [6.07, 6.45) is 1.94. The summed E-state index contributed by atoms with van der Waals surface area (Å²) in [7, 11) is 0. The topological polar surface area (TPSA) is 62.7 Å². The van der Waals surface area contributed by atoms with Crippen LogP contribution in [0.4, 0.5) is 4.39 Å². The molecule has 0 unspecified atom stereocenters. The molecule has 0 saturated carbocycles. The normalized spacial score (nSPS) is 10.4. The fraction of sp³-hybridized carbons (Fsp3) is 0.250. The largest absolute Gasteiger partial charge is 0.415 e. The molecule has 0 N–H and O–H groups in total. The van der Waals surface area contributed by atoms with Crippen LogP contribution in [0.1, 0.15) is 17.0 Å². The number of hydrogen-bond acceptors (Lipinski definition) is 6. The van der Waals surface area contributed by atoms with Crippen molar-refractivity contribution in [3.8, 4) is 6.07 Å². The lowest BCUT2D eigenvalue weighted by molar-refractivity contribution is 0.426. The van der Waals surface area contributed by atoms with E-state index in [1.165, 1.54) is 30.0 Å². The van der Waals surface area contributed by atoms with E-state index in [9.17, 15) is 4.39 Å². The Kier molecular flexibility index (Phi) is 4.82. The molecule has 0 aliphatic heterocycles. The number of benzene rings is 1. The van der Waals surface area contributed by atoms with Crippen molar-refractivity contribution in [2.45, 2.75) is 16.7 Å². The number of halogens is 1. The van der Waals surface area contributed by atoms with Gasteiger partial charge < -0.3 is 4.42 Å². The van der Waals surface area contributed by atoms with E-state index in [-0.39, 0.29) is 5.82 Å². The number of rotatable bonds is 5. The van der Waals surface area contributed by atoms with Gasteiger partial charge in [-0.15, -0.1) is 10.2 Å². The van der Waals surface area contributed by atoms with E-state index in [0.29, 0.717) is 33.7 Å². The molecule has 1 aromatic heterocycles. The predicted molar refractivity (Wildman–Crippen MR) is 72.2 cm³/mol. The summed E-state index contributed by atoms with van der Waals surface area (Å²) >= 11 is 2.84. The quantitative estimate of drug-likeness (QED) is 0.789. The van der Waals surface area contributed by atoms with Crippen LogP contribution in [0, 0.1) is 17.1 Å². The average Bonchev–Trinajstić information content (AvgIpc) is 2.86. The standard InChI is InChI=1S/C12H10FN3OS2/c1-18-7-11-15-16-12(17-11)19-6-9-4-8(5-14)2-3-10(9)13/h2-4H,6-7H2,1H3. The van der Waals surface area contributed by atoms with Crippen molar-refractivity contribution in [3.63, 3.8) is 0 Å². The van der Waals surface area contributed by atoms with Crippen LogP contribution < -0.4 is 0 Å². The van der Waals surface area contributed by atoms with Crippen LogP contribution in [0.2, 0.25) is 0 Å². The molecule has 0 saturated heterocycles. The van der Waals surface area contributed by atoms with E-state index in [4.69, 9.17) is 9.68 Å². The van der Waals surface area contributed by atoms with E-state index >= 15 is 0 Å². The Labute approximate surface area is 118 Å². The van der Waals surface area contributed by atoms with Gasteiger partial charge in [0.2, 0.25) is 5.89 Å². The van der Waals surface area contributed by atoms with E-state index < -0.39 is 0 Å². The minimum atomic E-state index is -0.338. The molecule has 0 amide bonds. The lowest BCUT2D eigenvalue weighted by atomic mass is 10.1. The van der Waals surface area contributed by atoms with E-state index in [1.807, 2.05) is 12.3 Å². The minimum absolute atomic E-state index is 0.338. The second kappa shape index (κ2) is 6.59.